The number of nitrogens with zero attached hydrogens (tertiary/aromatic N) is 1. The van der Waals surface area contributed by atoms with Crippen molar-refractivity contribution in [3.05, 3.63) is 52.0 Å². The van der Waals surface area contributed by atoms with Crippen molar-refractivity contribution < 1.29 is 13.2 Å². The molecule has 2 nitrogen and oxygen atoms in total. The van der Waals surface area contributed by atoms with E-state index in [9.17, 15) is 13.2 Å². The Hall–Kier alpha value is -1.72. The number of alkyl halides is 3. The van der Waals surface area contributed by atoms with Gasteiger partial charge in [0, 0.05) is 0 Å². The molecular weight excluding hydrogens is 324 g/mol. The molecule has 0 saturated carbocycles. The molecule has 0 bridgehead atoms. The Morgan fingerprint density at radius 1 is 1.00 bits per heavy atom. The van der Waals surface area contributed by atoms with Crippen LogP contribution >= 0.6 is 23.2 Å². The maximum absolute atomic E-state index is 12.7. The van der Waals surface area contributed by atoms with E-state index < -0.39 is 11.7 Å². The number of rotatable bonds is 1. The lowest BCUT2D eigenvalue weighted by molar-refractivity contribution is -0.137. The lowest BCUT2D eigenvalue weighted by atomic mass is 10.2. The minimum absolute atomic E-state index is 0.274. The number of halogens is 5. The van der Waals surface area contributed by atoms with Gasteiger partial charge in [-0.15, -0.1) is 0 Å². The third kappa shape index (κ3) is 2.59. The van der Waals surface area contributed by atoms with Crippen molar-refractivity contribution in [2.24, 2.45) is 0 Å². The molecule has 0 fully saturated rings. The van der Waals surface area contributed by atoms with Crippen LogP contribution in [-0.2, 0) is 6.18 Å². The van der Waals surface area contributed by atoms with Crippen LogP contribution in [0.2, 0.25) is 10.0 Å². The van der Waals surface area contributed by atoms with Crippen LogP contribution in [0.25, 0.3) is 22.4 Å². The van der Waals surface area contributed by atoms with Gasteiger partial charge in [0.05, 0.1) is 32.2 Å². The predicted molar refractivity (Wildman–Crippen MR) is 76.6 cm³/mol. The van der Waals surface area contributed by atoms with E-state index in [4.69, 9.17) is 23.2 Å². The summed E-state index contributed by atoms with van der Waals surface area (Å²) in [7, 11) is 0. The van der Waals surface area contributed by atoms with Crippen LogP contribution in [0.1, 0.15) is 5.56 Å². The molecule has 0 aliphatic heterocycles. The molecule has 1 N–H and O–H groups in total. The highest BCUT2D eigenvalue weighted by atomic mass is 35.5. The fraction of sp³-hybridized carbons (Fsp3) is 0.0714. The summed E-state index contributed by atoms with van der Waals surface area (Å²) in [4.78, 5) is 7.06. The zero-order valence-corrected chi connectivity index (χ0v) is 11.8. The van der Waals surface area contributed by atoms with Gasteiger partial charge in [-0.2, -0.15) is 13.2 Å². The lowest BCUT2D eigenvalue weighted by Gasteiger charge is -2.05. The van der Waals surface area contributed by atoms with Crippen LogP contribution in [0.15, 0.2) is 36.4 Å². The molecule has 0 aliphatic carbocycles. The van der Waals surface area contributed by atoms with Crippen molar-refractivity contribution in [3.8, 4) is 11.4 Å². The number of imidazole rings is 1. The fourth-order valence-corrected chi connectivity index (χ4v) is 2.60. The summed E-state index contributed by atoms with van der Waals surface area (Å²) in [6, 6.07) is 8.26. The number of fused-ring (bicyclic) bond motifs is 1. The quantitative estimate of drug-likeness (QED) is 0.622. The van der Waals surface area contributed by atoms with E-state index in [0.29, 0.717) is 26.9 Å². The van der Waals surface area contributed by atoms with E-state index in [0.717, 1.165) is 12.1 Å². The minimum Gasteiger partial charge on any atom is -0.338 e. The van der Waals surface area contributed by atoms with E-state index in [1.54, 1.807) is 18.2 Å². The summed E-state index contributed by atoms with van der Waals surface area (Å²) in [5, 5.41) is 0.746. The third-order valence-corrected chi connectivity index (χ3v) is 3.64. The predicted octanol–water partition coefficient (Wildman–Crippen LogP) is 5.56. The molecule has 1 heterocycles. The third-order valence-electron chi connectivity index (χ3n) is 3.01. The molecule has 3 rings (SSSR count). The topological polar surface area (TPSA) is 28.7 Å². The van der Waals surface area contributed by atoms with Gasteiger partial charge < -0.3 is 4.98 Å². The van der Waals surface area contributed by atoms with E-state index in [1.807, 2.05) is 0 Å². The van der Waals surface area contributed by atoms with Gasteiger partial charge in [0.1, 0.15) is 5.82 Å². The molecule has 0 unspecified atom stereocenters. The van der Waals surface area contributed by atoms with Gasteiger partial charge in [-0.3, -0.25) is 0 Å². The number of nitrogens with one attached hydrogen (secondary N) is 1. The van der Waals surface area contributed by atoms with E-state index in [-0.39, 0.29) is 5.52 Å². The Balaban J connectivity index is 2.18. The van der Waals surface area contributed by atoms with Crippen LogP contribution in [0.4, 0.5) is 13.2 Å². The second-order valence-corrected chi connectivity index (χ2v) is 5.23. The first-order chi connectivity index (χ1) is 9.86. The summed E-state index contributed by atoms with van der Waals surface area (Å²) in [5.41, 5.74) is 0.408. The van der Waals surface area contributed by atoms with Crippen LogP contribution in [0, 0.1) is 0 Å². The molecule has 0 aliphatic rings. The maximum atomic E-state index is 12.7. The highest BCUT2D eigenvalue weighted by Gasteiger charge is 2.30. The number of H-pyrrole nitrogens is 1. The Kier molecular flexibility index (Phi) is 3.34. The van der Waals surface area contributed by atoms with Gasteiger partial charge in [0.25, 0.3) is 0 Å². The highest BCUT2D eigenvalue weighted by molar-refractivity contribution is 6.39. The molecule has 0 radical (unpaired) electrons. The Bertz CT molecular complexity index is 804. The van der Waals surface area contributed by atoms with Gasteiger partial charge >= 0.3 is 6.18 Å². The highest BCUT2D eigenvalue weighted by Crippen LogP contribution is 2.35. The molecule has 0 saturated heterocycles. The molecule has 0 amide bonds. The van der Waals surface area contributed by atoms with Crippen molar-refractivity contribution in [2.45, 2.75) is 6.18 Å². The SMILES string of the molecule is FC(F)(F)c1ccc2nc(-c3c(Cl)cccc3Cl)[nH]c2c1. The van der Waals surface area contributed by atoms with Crippen molar-refractivity contribution >= 4 is 34.2 Å². The summed E-state index contributed by atoms with van der Waals surface area (Å²) in [6.07, 6.45) is -4.40. The molecule has 3 aromatic rings. The van der Waals surface area contributed by atoms with Crippen molar-refractivity contribution in [2.75, 3.05) is 0 Å². The van der Waals surface area contributed by atoms with Gasteiger partial charge in [0.2, 0.25) is 0 Å². The van der Waals surface area contributed by atoms with Gasteiger partial charge in [-0.05, 0) is 30.3 Å². The largest absolute Gasteiger partial charge is 0.416 e. The first-order valence-electron chi connectivity index (χ1n) is 5.87. The molecular formula is C14H7Cl2F3N2. The van der Waals surface area contributed by atoms with Crippen LogP contribution in [-0.4, -0.2) is 9.97 Å². The second-order valence-electron chi connectivity index (χ2n) is 4.41. The normalized spacial score (nSPS) is 12.0. The zero-order valence-electron chi connectivity index (χ0n) is 10.3. The Morgan fingerprint density at radius 2 is 1.67 bits per heavy atom. The molecule has 1 aromatic heterocycles. The first kappa shape index (κ1) is 14.2. The summed E-state index contributed by atoms with van der Waals surface area (Å²) in [6.45, 7) is 0. The van der Waals surface area contributed by atoms with Gasteiger partial charge in [-0.25, -0.2) is 4.98 Å². The molecule has 21 heavy (non-hydrogen) atoms. The first-order valence-corrected chi connectivity index (χ1v) is 6.63. The van der Waals surface area contributed by atoms with Gasteiger partial charge in [-0.1, -0.05) is 29.3 Å². The second kappa shape index (κ2) is 4.93. The molecule has 7 heteroatoms. The van der Waals surface area contributed by atoms with Crippen molar-refractivity contribution in [3.63, 3.8) is 0 Å². The molecule has 108 valence electrons. The zero-order chi connectivity index (χ0) is 15.2. The van der Waals surface area contributed by atoms with E-state index >= 15 is 0 Å². The number of hydrogen-bond acceptors (Lipinski definition) is 1. The maximum Gasteiger partial charge on any atom is 0.416 e. The average Bonchev–Trinajstić information content (AvgIpc) is 2.79. The number of aromatic nitrogens is 2. The number of aromatic amines is 1. The Morgan fingerprint density at radius 3 is 2.29 bits per heavy atom. The fourth-order valence-electron chi connectivity index (χ4n) is 2.03. The number of benzene rings is 2. The summed E-state index contributed by atoms with van der Waals surface area (Å²) >= 11 is 12.1. The van der Waals surface area contributed by atoms with Crippen LogP contribution in [0.3, 0.4) is 0 Å². The molecule has 0 atom stereocenters. The van der Waals surface area contributed by atoms with Crippen molar-refractivity contribution in [1.29, 1.82) is 0 Å². The lowest BCUT2D eigenvalue weighted by Crippen LogP contribution is -2.04. The standard InChI is InChI=1S/C14H7Cl2F3N2/c15-8-2-1-3-9(16)12(8)13-20-10-5-4-7(14(17,18)19)6-11(10)21-13/h1-6H,(H,20,21). The van der Waals surface area contributed by atoms with E-state index in [2.05, 4.69) is 9.97 Å². The summed E-state index contributed by atoms with van der Waals surface area (Å²) in [5.74, 6) is 0.333. The van der Waals surface area contributed by atoms with E-state index in [1.165, 1.54) is 6.07 Å². The smallest absolute Gasteiger partial charge is 0.338 e. The Labute approximate surface area is 127 Å². The minimum atomic E-state index is -4.40. The van der Waals surface area contributed by atoms with Gasteiger partial charge in [0.15, 0.2) is 0 Å². The average molecular weight is 331 g/mol. The van der Waals surface area contributed by atoms with Crippen molar-refractivity contribution in [1.82, 2.24) is 9.97 Å². The monoisotopic (exact) mass is 330 g/mol. The van der Waals surface area contributed by atoms with Crippen LogP contribution < -0.4 is 0 Å². The summed E-state index contributed by atoms with van der Waals surface area (Å²) < 4.78 is 38.1. The van der Waals surface area contributed by atoms with Crippen LogP contribution in [0.5, 0.6) is 0 Å². The molecule has 0 spiro atoms. The number of hydrogen-bond donors (Lipinski definition) is 1. The molecule has 2 aromatic carbocycles.